The van der Waals surface area contributed by atoms with Crippen molar-refractivity contribution in [1.82, 2.24) is 0 Å². The van der Waals surface area contributed by atoms with Gasteiger partial charge in [-0.15, -0.1) is 0 Å². The SMILES string of the molecule is NCC(=O)O.[Cl-].[Fe+3]. The fourth-order valence-corrected chi connectivity index (χ4v) is 0. The smallest absolute Gasteiger partial charge is 1.00 e. The van der Waals surface area contributed by atoms with E-state index in [0.29, 0.717) is 0 Å². The van der Waals surface area contributed by atoms with E-state index in [1.807, 2.05) is 0 Å². The Bertz CT molecular complexity index is 51.0. The van der Waals surface area contributed by atoms with Crippen molar-refractivity contribution in [3.8, 4) is 0 Å². The number of rotatable bonds is 1. The molecule has 0 atom stereocenters. The molecule has 0 unspecified atom stereocenters. The molecule has 0 aromatic carbocycles. The standard InChI is InChI=1S/C2H5NO2.ClH.Fe/c3-1-2(4)5;;/h1,3H2,(H,4,5);1H;/q;;+3/p-1. The second kappa shape index (κ2) is 9.53. The molecule has 3 nitrogen and oxygen atoms in total. The van der Waals surface area contributed by atoms with Gasteiger partial charge in [-0.25, -0.2) is 0 Å². The quantitative estimate of drug-likeness (QED) is 0.391. The molecule has 0 rings (SSSR count). The predicted octanol–water partition coefficient (Wildman–Crippen LogP) is -3.97. The number of hydrogen-bond acceptors (Lipinski definition) is 2. The molecule has 0 aliphatic rings. The van der Waals surface area contributed by atoms with Crippen LogP contribution in [0.4, 0.5) is 0 Å². The van der Waals surface area contributed by atoms with Gasteiger partial charge >= 0.3 is 23.0 Å². The average molecular weight is 166 g/mol. The predicted molar refractivity (Wildman–Crippen MR) is 16.7 cm³/mol. The van der Waals surface area contributed by atoms with Crippen molar-refractivity contribution in [2.24, 2.45) is 5.73 Å². The molecule has 0 heterocycles. The first-order chi connectivity index (χ1) is 2.27. The third kappa shape index (κ3) is 22.4. The van der Waals surface area contributed by atoms with Crippen molar-refractivity contribution >= 4 is 5.97 Å². The topological polar surface area (TPSA) is 63.3 Å². The van der Waals surface area contributed by atoms with E-state index in [-0.39, 0.29) is 36.0 Å². The van der Waals surface area contributed by atoms with Crippen molar-refractivity contribution in [3.63, 3.8) is 0 Å². The summed E-state index contributed by atoms with van der Waals surface area (Å²) in [5.74, 6) is -0.968. The molecule has 0 aliphatic heterocycles. The van der Waals surface area contributed by atoms with E-state index in [2.05, 4.69) is 5.73 Å². The summed E-state index contributed by atoms with van der Waals surface area (Å²) in [5, 5.41) is 7.60. The zero-order valence-corrected chi connectivity index (χ0v) is 5.23. The van der Waals surface area contributed by atoms with Crippen LogP contribution in [0.3, 0.4) is 0 Å². The second-order valence-corrected chi connectivity index (χ2v) is 0.598. The molecule has 0 saturated heterocycles. The van der Waals surface area contributed by atoms with Gasteiger partial charge in [0.2, 0.25) is 0 Å². The summed E-state index contributed by atoms with van der Waals surface area (Å²) in [4.78, 5) is 9.24. The summed E-state index contributed by atoms with van der Waals surface area (Å²) in [5.41, 5.74) is 4.57. The molecule has 0 aromatic rings. The van der Waals surface area contributed by atoms with Crippen LogP contribution in [0.15, 0.2) is 0 Å². The minimum Gasteiger partial charge on any atom is -1.00 e. The van der Waals surface area contributed by atoms with Crippen LogP contribution >= 0.6 is 0 Å². The molecule has 1 radical (unpaired) electrons. The van der Waals surface area contributed by atoms with Crippen molar-refractivity contribution in [2.45, 2.75) is 0 Å². The van der Waals surface area contributed by atoms with Gasteiger partial charge in [0.05, 0.1) is 6.54 Å². The maximum atomic E-state index is 9.24. The minimum absolute atomic E-state index is 0. The van der Waals surface area contributed by atoms with Crippen LogP contribution in [0.5, 0.6) is 0 Å². The van der Waals surface area contributed by atoms with Crippen LogP contribution in [0, 0.1) is 0 Å². The van der Waals surface area contributed by atoms with Crippen LogP contribution < -0.4 is 18.1 Å². The fraction of sp³-hybridized carbons (Fsp3) is 0.500. The van der Waals surface area contributed by atoms with E-state index in [9.17, 15) is 4.79 Å². The first-order valence-electron chi connectivity index (χ1n) is 1.19. The van der Waals surface area contributed by atoms with E-state index >= 15 is 0 Å². The van der Waals surface area contributed by atoms with Gasteiger partial charge in [0.25, 0.3) is 0 Å². The zero-order chi connectivity index (χ0) is 4.28. The maximum Gasteiger partial charge on any atom is 3.00 e. The van der Waals surface area contributed by atoms with Gasteiger partial charge in [-0.05, 0) is 0 Å². The van der Waals surface area contributed by atoms with Crippen LogP contribution in [-0.2, 0) is 21.9 Å². The Morgan fingerprint density at radius 1 is 1.71 bits per heavy atom. The summed E-state index contributed by atoms with van der Waals surface area (Å²) in [6.07, 6.45) is 0. The van der Waals surface area contributed by atoms with Gasteiger partial charge in [0.15, 0.2) is 0 Å². The normalized spacial score (nSPS) is 5.29. The molecule has 0 fully saturated rings. The maximum absolute atomic E-state index is 9.24. The van der Waals surface area contributed by atoms with Crippen LogP contribution in [0.1, 0.15) is 0 Å². The minimum atomic E-state index is -0.968. The number of carboxylic acid groups (broad SMARTS) is 1. The molecule has 0 bridgehead atoms. The zero-order valence-electron chi connectivity index (χ0n) is 3.37. The van der Waals surface area contributed by atoms with E-state index in [1.54, 1.807) is 0 Å². The second-order valence-electron chi connectivity index (χ2n) is 0.598. The van der Waals surface area contributed by atoms with E-state index < -0.39 is 5.97 Å². The van der Waals surface area contributed by atoms with E-state index in [4.69, 9.17) is 5.11 Å². The van der Waals surface area contributed by atoms with Gasteiger partial charge in [0, 0.05) is 0 Å². The van der Waals surface area contributed by atoms with Gasteiger partial charge in [0.1, 0.15) is 0 Å². The first kappa shape index (κ1) is 15.7. The van der Waals surface area contributed by atoms with Crippen molar-refractivity contribution in [1.29, 1.82) is 0 Å². The molecular weight excluding hydrogens is 161 g/mol. The van der Waals surface area contributed by atoms with Gasteiger partial charge in [-0.3, -0.25) is 4.79 Å². The van der Waals surface area contributed by atoms with E-state index in [1.165, 1.54) is 0 Å². The molecule has 0 aromatic heterocycles. The summed E-state index contributed by atoms with van der Waals surface area (Å²) < 4.78 is 0. The van der Waals surface area contributed by atoms with Gasteiger partial charge in [-0.1, -0.05) is 0 Å². The number of carbonyl (C=O) groups is 1. The number of halogens is 1. The molecule has 0 spiro atoms. The Hall–Kier alpha value is 0.239. The summed E-state index contributed by atoms with van der Waals surface area (Å²) >= 11 is 0. The number of nitrogens with two attached hydrogens (primary N) is 1. The summed E-state index contributed by atoms with van der Waals surface area (Å²) in [7, 11) is 0. The molecule has 5 heteroatoms. The van der Waals surface area contributed by atoms with Crippen molar-refractivity contribution in [2.75, 3.05) is 6.54 Å². The Labute approximate surface area is 58.1 Å². The fourth-order valence-electron chi connectivity index (χ4n) is 0. The molecule has 3 N–H and O–H groups in total. The van der Waals surface area contributed by atoms with Gasteiger partial charge < -0.3 is 23.2 Å². The molecular formula is C2H5ClFeNO2+2. The Balaban J connectivity index is -0.0000000800. The molecule has 43 valence electrons. The van der Waals surface area contributed by atoms with Crippen LogP contribution in [0.2, 0.25) is 0 Å². The molecule has 7 heavy (non-hydrogen) atoms. The third-order valence-corrected chi connectivity index (χ3v) is 0.175. The van der Waals surface area contributed by atoms with Crippen LogP contribution in [-0.4, -0.2) is 17.6 Å². The monoisotopic (exact) mass is 166 g/mol. The summed E-state index contributed by atoms with van der Waals surface area (Å²) in [6.45, 7) is -0.278. The largest absolute Gasteiger partial charge is 3.00 e. The molecule has 0 saturated carbocycles. The van der Waals surface area contributed by atoms with E-state index in [0.717, 1.165) is 0 Å². The Morgan fingerprint density at radius 3 is 1.86 bits per heavy atom. The molecule has 0 aliphatic carbocycles. The Kier molecular flexibility index (Phi) is 21.3. The van der Waals surface area contributed by atoms with Crippen LogP contribution in [0.25, 0.3) is 0 Å². The van der Waals surface area contributed by atoms with Crippen molar-refractivity contribution < 1.29 is 39.4 Å². The summed E-state index contributed by atoms with van der Waals surface area (Å²) in [6, 6.07) is 0. The first-order valence-corrected chi connectivity index (χ1v) is 1.19. The number of carboxylic acids is 1. The average Bonchev–Trinajstić information content (AvgIpc) is 1.38. The van der Waals surface area contributed by atoms with Crippen molar-refractivity contribution in [3.05, 3.63) is 0 Å². The number of aliphatic carboxylic acids is 1. The third-order valence-electron chi connectivity index (χ3n) is 0.175. The van der Waals surface area contributed by atoms with Gasteiger partial charge in [-0.2, -0.15) is 0 Å². The Morgan fingerprint density at radius 2 is 1.86 bits per heavy atom. The molecule has 0 amide bonds. The number of hydrogen-bond donors (Lipinski definition) is 2.